The minimum atomic E-state index is 0. The third-order valence-electron chi connectivity index (χ3n) is 4.89. The number of amides is 1. The lowest BCUT2D eigenvalue weighted by molar-refractivity contribution is -0.127. The van der Waals surface area contributed by atoms with Crippen LogP contribution in [-0.4, -0.2) is 18.5 Å². The summed E-state index contributed by atoms with van der Waals surface area (Å²) < 4.78 is 0. The van der Waals surface area contributed by atoms with E-state index in [0.717, 1.165) is 23.4 Å². The van der Waals surface area contributed by atoms with Crippen LogP contribution in [0, 0.1) is 17.8 Å². The van der Waals surface area contributed by atoms with Gasteiger partial charge in [-0.25, -0.2) is 0 Å². The van der Waals surface area contributed by atoms with Gasteiger partial charge in [-0.05, 0) is 55.2 Å². The lowest BCUT2D eigenvalue weighted by Crippen LogP contribution is -2.45. The Morgan fingerprint density at radius 2 is 2.10 bits per heavy atom. The van der Waals surface area contributed by atoms with Crippen molar-refractivity contribution in [2.45, 2.75) is 31.7 Å². The molecular weight excluding hydrogens is 307 g/mol. The summed E-state index contributed by atoms with van der Waals surface area (Å²) in [5.41, 5.74) is 7.34. The topological polar surface area (TPSA) is 55.1 Å². The van der Waals surface area contributed by atoms with E-state index in [9.17, 15) is 4.79 Å². The molecule has 0 spiro atoms. The van der Waals surface area contributed by atoms with Crippen LogP contribution in [0.15, 0.2) is 24.3 Å². The number of nitrogens with two attached hydrogens (primary N) is 1. The van der Waals surface area contributed by atoms with Crippen molar-refractivity contribution >= 4 is 29.9 Å². The Labute approximate surface area is 137 Å². The Bertz CT molecular complexity index is 507. The van der Waals surface area contributed by atoms with Crippen LogP contribution in [0.1, 0.15) is 24.8 Å². The van der Waals surface area contributed by atoms with Crippen LogP contribution in [0.2, 0.25) is 5.02 Å². The van der Waals surface area contributed by atoms with Gasteiger partial charge >= 0.3 is 0 Å². The molecular formula is C16H22Cl2N2O. The Balaban J connectivity index is 0.00000161. The standard InChI is InChI=1S/C16H21ClN2O.ClH/c17-13-3-1-2-10(8-13)6-7-19-16(20)14-11-4-5-12(9-11)15(14)18;/h1-3,8,11-12,14-15H,4-7,9,18H2,(H,19,20);1H. The predicted molar refractivity (Wildman–Crippen MR) is 87.7 cm³/mol. The second-order valence-electron chi connectivity index (χ2n) is 6.11. The lowest BCUT2D eigenvalue weighted by atomic mass is 9.84. The Morgan fingerprint density at radius 1 is 1.33 bits per heavy atom. The van der Waals surface area contributed by atoms with Crippen LogP contribution in [-0.2, 0) is 11.2 Å². The molecule has 0 aliphatic heterocycles. The molecule has 21 heavy (non-hydrogen) atoms. The summed E-state index contributed by atoms with van der Waals surface area (Å²) in [6, 6.07) is 7.83. The zero-order chi connectivity index (χ0) is 14.1. The molecule has 2 bridgehead atoms. The molecule has 2 aliphatic carbocycles. The summed E-state index contributed by atoms with van der Waals surface area (Å²) in [4.78, 5) is 12.3. The van der Waals surface area contributed by atoms with Crippen LogP contribution in [0.25, 0.3) is 0 Å². The first kappa shape index (κ1) is 16.6. The fourth-order valence-corrected chi connectivity index (χ4v) is 4.08. The fraction of sp³-hybridized carbons (Fsp3) is 0.562. The van der Waals surface area contributed by atoms with E-state index in [1.807, 2.05) is 24.3 Å². The highest BCUT2D eigenvalue weighted by Gasteiger charge is 2.48. The second kappa shape index (κ2) is 6.99. The first-order valence-electron chi connectivity index (χ1n) is 7.43. The van der Waals surface area contributed by atoms with Gasteiger partial charge < -0.3 is 11.1 Å². The number of halogens is 2. The number of fused-ring (bicyclic) bond motifs is 2. The highest BCUT2D eigenvalue weighted by Crippen LogP contribution is 2.47. The number of nitrogens with one attached hydrogen (secondary N) is 1. The maximum absolute atomic E-state index is 12.3. The second-order valence-corrected chi connectivity index (χ2v) is 6.54. The molecule has 1 aromatic rings. The van der Waals surface area contributed by atoms with Crippen molar-refractivity contribution in [1.82, 2.24) is 5.32 Å². The quantitative estimate of drug-likeness (QED) is 0.892. The number of carbonyl (C=O) groups is 1. The van der Waals surface area contributed by atoms with Gasteiger partial charge in [0.05, 0.1) is 5.92 Å². The van der Waals surface area contributed by atoms with Gasteiger partial charge in [-0.2, -0.15) is 0 Å². The summed E-state index contributed by atoms with van der Waals surface area (Å²) >= 11 is 5.95. The molecule has 0 aromatic heterocycles. The van der Waals surface area contributed by atoms with E-state index in [-0.39, 0.29) is 30.3 Å². The highest BCUT2D eigenvalue weighted by atomic mass is 35.5. The van der Waals surface area contributed by atoms with E-state index in [1.54, 1.807) is 0 Å². The number of carbonyl (C=O) groups excluding carboxylic acids is 1. The van der Waals surface area contributed by atoms with Gasteiger partial charge in [0.1, 0.15) is 0 Å². The Morgan fingerprint density at radius 3 is 2.76 bits per heavy atom. The van der Waals surface area contributed by atoms with Crippen LogP contribution >= 0.6 is 24.0 Å². The van der Waals surface area contributed by atoms with Crippen molar-refractivity contribution in [3.8, 4) is 0 Å². The number of hydrogen-bond donors (Lipinski definition) is 2. The smallest absolute Gasteiger partial charge is 0.224 e. The van der Waals surface area contributed by atoms with E-state index in [4.69, 9.17) is 17.3 Å². The molecule has 1 aromatic carbocycles. The van der Waals surface area contributed by atoms with E-state index < -0.39 is 0 Å². The molecule has 2 saturated carbocycles. The molecule has 2 aliphatic rings. The monoisotopic (exact) mass is 328 g/mol. The van der Waals surface area contributed by atoms with Gasteiger partial charge in [0.2, 0.25) is 5.91 Å². The molecule has 0 radical (unpaired) electrons. The number of rotatable bonds is 4. The first-order chi connectivity index (χ1) is 9.65. The largest absolute Gasteiger partial charge is 0.355 e. The van der Waals surface area contributed by atoms with E-state index in [2.05, 4.69) is 5.32 Å². The van der Waals surface area contributed by atoms with Crippen LogP contribution in [0.3, 0.4) is 0 Å². The van der Waals surface area contributed by atoms with Crippen molar-refractivity contribution in [1.29, 1.82) is 0 Å². The summed E-state index contributed by atoms with van der Waals surface area (Å²) in [6.45, 7) is 0.653. The Kier molecular flexibility index (Phi) is 5.53. The van der Waals surface area contributed by atoms with Gasteiger partial charge in [-0.3, -0.25) is 4.79 Å². The lowest BCUT2D eigenvalue weighted by Gasteiger charge is -2.27. The molecule has 0 saturated heterocycles. The third kappa shape index (κ3) is 3.53. The van der Waals surface area contributed by atoms with Crippen molar-refractivity contribution < 1.29 is 4.79 Å². The van der Waals surface area contributed by atoms with Crippen LogP contribution < -0.4 is 11.1 Å². The zero-order valence-electron chi connectivity index (χ0n) is 11.9. The van der Waals surface area contributed by atoms with Crippen LogP contribution in [0.5, 0.6) is 0 Å². The molecule has 3 rings (SSSR count). The molecule has 2 fully saturated rings. The van der Waals surface area contributed by atoms with E-state index >= 15 is 0 Å². The van der Waals surface area contributed by atoms with Gasteiger partial charge in [0, 0.05) is 17.6 Å². The van der Waals surface area contributed by atoms with Gasteiger partial charge in [0.25, 0.3) is 0 Å². The average Bonchev–Trinajstić information content (AvgIpc) is 2.99. The molecule has 1 amide bonds. The molecule has 116 valence electrons. The molecule has 4 atom stereocenters. The molecule has 0 heterocycles. The van der Waals surface area contributed by atoms with Crippen molar-refractivity contribution in [2.75, 3.05) is 6.54 Å². The minimum Gasteiger partial charge on any atom is -0.355 e. The maximum atomic E-state index is 12.3. The normalized spacial score (nSPS) is 30.0. The molecule has 3 nitrogen and oxygen atoms in total. The number of benzene rings is 1. The third-order valence-corrected chi connectivity index (χ3v) is 5.12. The van der Waals surface area contributed by atoms with E-state index in [1.165, 1.54) is 12.8 Å². The SMILES string of the molecule is Cl.NC1C2CCC(C2)C1C(=O)NCCc1cccc(Cl)c1. The summed E-state index contributed by atoms with van der Waals surface area (Å²) in [5.74, 6) is 1.27. The van der Waals surface area contributed by atoms with Gasteiger partial charge in [-0.1, -0.05) is 23.7 Å². The van der Waals surface area contributed by atoms with Crippen molar-refractivity contribution in [3.63, 3.8) is 0 Å². The fourth-order valence-electron chi connectivity index (χ4n) is 3.87. The van der Waals surface area contributed by atoms with Gasteiger partial charge in [-0.15, -0.1) is 12.4 Å². The molecule has 4 unspecified atom stereocenters. The highest BCUT2D eigenvalue weighted by molar-refractivity contribution is 6.30. The van der Waals surface area contributed by atoms with Crippen molar-refractivity contribution in [2.24, 2.45) is 23.5 Å². The summed E-state index contributed by atoms with van der Waals surface area (Å²) in [6.07, 6.45) is 4.33. The first-order valence-corrected chi connectivity index (χ1v) is 7.80. The summed E-state index contributed by atoms with van der Waals surface area (Å²) in [5, 5.41) is 3.79. The van der Waals surface area contributed by atoms with Crippen molar-refractivity contribution in [3.05, 3.63) is 34.9 Å². The summed E-state index contributed by atoms with van der Waals surface area (Å²) in [7, 11) is 0. The Hall–Kier alpha value is -0.770. The average molecular weight is 329 g/mol. The number of hydrogen-bond acceptors (Lipinski definition) is 2. The predicted octanol–water partition coefficient (Wildman–Crippen LogP) is 2.79. The van der Waals surface area contributed by atoms with E-state index in [0.29, 0.717) is 18.4 Å². The molecule has 5 heteroatoms. The molecule has 3 N–H and O–H groups in total. The maximum Gasteiger partial charge on any atom is 0.224 e. The van der Waals surface area contributed by atoms with Crippen LogP contribution in [0.4, 0.5) is 0 Å². The zero-order valence-corrected chi connectivity index (χ0v) is 13.5. The minimum absolute atomic E-state index is 0. The van der Waals surface area contributed by atoms with Gasteiger partial charge in [0.15, 0.2) is 0 Å².